The summed E-state index contributed by atoms with van der Waals surface area (Å²) in [7, 11) is 0. The smallest absolute Gasteiger partial charge is 0.391 e. The van der Waals surface area contributed by atoms with E-state index in [1.165, 1.54) is 18.3 Å². The molecule has 0 atom stereocenters. The van der Waals surface area contributed by atoms with Crippen LogP contribution in [-0.2, 0) is 17.6 Å². The molecule has 22 heavy (non-hydrogen) atoms. The van der Waals surface area contributed by atoms with E-state index in [1.807, 2.05) is 6.07 Å². The van der Waals surface area contributed by atoms with Crippen molar-refractivity contribution < 1.29 is 18.0 Å². The van der Waals surface area contributed by atoms with Crippen LogP contribution in [0.15, 0.2) is 53.7 Å². The highest BCUT2D eigenvalue weighted by atomic mass is 19.4. The lowest BCUT2D eigenvalue weighted by atomic mass is 10.1. The van der Waals surface area contributed by atoms with Gasteiger partial charge in [0.1, 0.15) is 6.61 Å². The van der Waals surface area contributed by atoms with Crippen molar-refractivity contribution in [2.75, 3.05) is 0 Å². The molecule has 2 aromatic carbocycles. The van der Waals surface area contributed by atoms with Gasteiger partial charge in [0.2, 0.25) is 0 Å². The molecule has 0 heterocycles. The van der Waals surface area contributed by atoms with Gasteiger partial charge in [-0.25, -0.2) is 0 Å². The molecule has 0 saturated carbocycles. The van der Waals surface area contributed by atoms with E-state index in [-0.39, 0.29) is 6.61 Å². The van der Waals surface area contributed by atoms with Crippen LogP contribution in [0.25, 0.3) is 0 Å². The predicted molar refractivity (Wildman–Crippen MR) is 75.0 cm³/mol. The van der Waals surface area contributed by atoms with Crippen molar-refractivity contribution in [3.8, 4) is 6.07 Å². The number of benzene rings is 2. The zero-order valence-electron chi connectivity index (χ0n) is 11.3. The molecule has 0 aliphatic rings. The van der Waals surface area contributed by atoms with Crippen LogP contribution >= 0.6 is 0 Å². The van der Waals surface area contributed by atoms with Gasteiger partial charge in [-0.05, 0) is 35.4 Å². The van der Waals surface area contributed by atoms with Crippen LogP contribution < -0.4 is 0 Å². The van der Waals surface area contributed by atoms with Gasteiger partial charge in [0, 0.05) is 0 Å². The summed E-state index contributed by atoms with van der Waals surface area (Å²) >= 11 is 0. The number of nitrogens with zero attached hydrogens (tertiary/aromatic N) is 2. The normalized spacial score (nSPS) is 11.4. The summed E-state index contributed by atoms with van der Waals surface area (Å²) in [5, 5.41) is 12.3. The van der Waals surface area contributed by atoms with E-state index in [0.29, 0.717) is 11.1 Å². The highest BCUT2D eigenvalue weighted by Crippen LogP contribution is 2.29. The summed E-state index contributed by atoms with van der Waals surface area (Å²) in [4.78, 5) is 5.03. The van der Waals surface area contributed by atoms with Crippen molar-refractivity contribution in [3.05, 3.63) is 70.8 Å². The maximum Gasteiger partial charge on any atom is 0.416 e. The Morgan fingerprint density at radius 3 is 2.50 bits per heavy atom. The Morgan fingerprint density at radius 2 is 1.86 bits per heavy atom. The molecule has 0 N–H and O–H groups in total. The molecule has 0 aliphatic carbocycles. The number of oxime groups is 1. The molecule has 0 saturated heterocycles. The zero-order valence-corrected chi connectivity index (χ0v) is 11.3. The van der Waals surface area contributed by atoms with E-state index in [2.05, 4.69) is 5.16 Å². The molecule has 0 fully saturated rings. The van der Waals surface area contributed by atoms with E-state index >= 15 is 0 Å². The molecular weight excluding hydrogens is 293 g/mol. The fourth-order valence-electron chi connectivity index (χ4n) is 1.68. The molecule has 112 valence electrons. The van der Waals surface area contributed by atoms with E-state index in [1.54, 1.807) is 24.3 Å². The predicted octanol–water partition coefficient (Wildman–Crippen LogP) is 4.13. The van der Waals surface area contributed by atoms with Crippen molar-refractivity contribution in [1.82, 2.24) is 0 Å². The SMILES string of the molecule is N#Cc1ccc(CON=Cc2cccc(C(F)(F)F)c2)cc1. The molecule has 0 unspecified atom stereocenters. The summed E-state index contributed by atoms with van der Waals surface area (Å²) in [5.41, 5.74) is 0.912. The maximum absolute atomic E-state index is 12.5. The molecule has 2 rings (SSSR count). The van der Waals surface area contributed by atoms with Gasteiger partial charge in [-0.15, -0.1) is 0 Å². The summed E-state index contributed by atoms with van der Waals surface area (Å²) in [6.45, 7) is 0.168. The molecule has 0 spiro atoms. The Labute approximate surface area is 125 Å². The number of hydrogen-bond acceptors (Lipinski definition) is 3. The number of alkyl halides is 3. The fourth-order valence-corrected chi connectivity index (χ4v) is 1.68. The third kappa shape index (κ3) is 4.35. The minimum atomic E-state index is -4.38. The summed E-state index contributed by atoms with van der Waals surface area (Å²) in [6.07, 6.45) is -3.16. The standard InChI is InChI=1S/C16H11F3N2O/c17-16(18,19)15-3-1-2-14(8-15)10-21-22-11-13-6-4-12(9-20)5-7-13/h1-8,10H,11H2. The highest BCUT2D eigenvalue weighted by Gasteiger charge is 2.30. The van der Waals surface area contributed by atoms with Crippen molar-refractivity contribution in [2.45, 2.75) is 12.8 Å². The molecular formula is C16H11F3N2O. The lowest BCUT2D eigenvalue weighted by Crippen LogP contribution is -2.05. The van der Waals surface area contributed by atoms with Gasteiger partial charge in [0.25, 0.3) is 0 Å². The van der Waals surface area contributed by atoms with Crippen LogP contribution in [0, 0.1) is 11.3 Å². The fraction of sp³-hybridized carbons (Fsp3) is 0.125. The molecule has 0 radical (unpaired) electrons. The first-order chi connectivity index (χ1) is 10.5. The molecule has 0 aromatic heterocycles. The van der Waals surface area contributed by atoms with Crippen LogP contribution in [0.4, 0.5) is 13.2 Å². The monoisotopic (exact) mass is 304 g/mol. The van der Waals surface area contributed by atoms with Gasteiger partial charge in [-0.3, -0.25) is 0 Å². The second-order valence-corrected chi connectivity index (χ2v) is 4.44. The Hall–Kier alpha value is -2.81. The quantitative estimate of drug-likeness (QED) is 0.630. The maximum atomic E-state index is 12.5. The second-order valence-electron chi connectivity index (χ2n) is 4.44. The van der Waals surface area contributed by atoms with Gasteiger partial charge in [-0.1, -0.05) is 29.4 Å². The van der Waals surface area contributed by atoms with E-state index in [9.17, 15) is 13.2 Å². The molecule has 0 amide bonds. The van der Waals surface area contributed by atoms with E-state index in [4.69, 9.17) is 10.1 Å². The Kier molecular flexibility index (Phi) is 4.79. The molecule has 0 bridgehead atoms. The molecule has 6 heteroatoms. The van der Waals surface area contributed by atoms with Gasteiger partial charge in [0.05, 0.1) is 23.4 Å². The summed E-state index contributed by atoms with van der Waals surface area (Å²) < 4.78 is 37.6. The van der Waals surface area contributed by atoms with Crippen LogP contribution in [-0.4, -0.2) is 6.21 Å². The van der Waals surface area contributed by atoms with Gasteiger partial charge in [0.15, 0.2) is 0 Å². The highest BCUT2D eigenvalue weighted by molar-refractivity contribution is 5.79. The first-order valence-corrected chi connectivity index (χ1v) is 6.30. The first-order valence-electron chi connectivity index (χ1n) is 6.30. The van der Waals surface area contributed by atoms with Crippen molar-refractivity contribution in [3.63, 3.8) is 0 Å². The van der Waals surface area contributed by atoms with Gasteiger partial charge in [-0.2, -0.15) is 18.4 Å². The summed E-state index contributed by atoms with van der Waals surface area (Å²) in [6, 6.07) is 13.5. The van der Waals surface area contributed by atoms with E-state index in [0.717, 1.165) is 17.7 Å². The van der Waals surface area contributed by atoms with Crippen molar-refractivity contribution in [2.24, 2.45) is 5.16 Å². The third-order valence-electron chi connectivity index (χ3n) is 2.80. The molecule has 0 aliphatic heterocycles. The van der Waals surface area contributed by atoms with Gasteiger partial charge >= 0.3 is 6.18 Å². The lowest BCUT2D eigenvalue weighted by Gasteiger charge is -2.06. The lowest BCUT2D eigenvalue weighted by molar-refractivity contribution is -0.137. The minimum absolute atomic E-state index is 0.168. The minimum Gasteiger partial charge on any atom is -0.391 e. The molecule has 2 aromatic rings. The van der Waals surface area contributed by atoms with Crippen molar-refractivity contribution >= 4 is 6.21 Å². The number of nitriles is 1. The van der Waals surface area contributed by atoms with Crippen molar-refractivity contribution in [1.29, 1.82) is 5.26 Å². The average Bonchev–Trinajstić information content (AvgIpc) is 2.52. The topological polar surface area (TPSA) is 45.4 Å². The second kappa shape index (κ2) is 6.76. The van der Waals surface area contributed by atoms with Crippen LogP contribution in [0.3, 0.4) is 0 Å². The number of hydrogen-bond donors (Lipinski definition) is 0. The van der Waals surface area contributed by atoms with Crippen LogP contribution in [0.1, 0.15) is 22.3 Å². The van der Waals surface area contributed by atoms with E-state index < -0.39 is 11.7 Å². The van der Waals surface area contributed by atoms with Gasteiger partial charge < -0.3 is 4.84 Å². The largest absolute Gasteiger partial charge is 0.416 e. The zero-order chi connectivity index (χ0) is 16.0. The first kappa shape index (κ1) is 15.6. The third-order valence-corrected chi connectivity index (χ3v) is 2.80. The number of rotatable bonds is 4. The van der Waals surface area contributed by atoms with Crippen LogP contribution in [0.5, 0.6) is 0 Å². The Balaban J connectivity index is 1.94. The Morgan fingerprint density at radius 1 is 1.14 bits per heavy atom. The summed E-state index contributed by atoms with van der Waals surface area (Å²) in [5.74, 6) is 0. The Bertz CT molecular complexity index is 701. The number of halogens is 3. The van der Waals surface area contributed by atoms with Crippen LogP contribution in [0.2, 0.25) is 0 Å². The molecule has 3 nitrogen and oxygen atoms in total. The average molecular weight is 304 g/mol.